The van der Waals surface area contributed by atoms with Crippen LogP contribution in [0, 0.1) is 19.8 Å². The first-order valence-corrected chi connectivity index (χ1v) is 8.99. The van der Waals surface area contributed by atoms with E-state index in [1.165, 1.54) is 28.7 Å². The van der Waals surface area contributed by atoms with Crippen LogP contribution in [-0.4, -0.2) is 21.5 Å². The minimum absolute atomic E-state index is 0.0658. The Labute approximate surface area is 139 Å². The van der Waals surface area contributed by atoms with Crippen molar-refractivity contribution in [1.29, 1.82) is 0 Å². The van der Waals surface area contributed by atoms with Gasteiger partial charge in [0, 0.05) is 13.1 Å². The number of carbonyl (C=O) groups excluding carboxylic acids is 1. The van der Waals surface area contributed by atoms with E-state index in [4.69, 9.17) is 0 Å². The van der Waals surface area contributed by atoms with Crippen molar-refractivity contribution in [2.24, 2.45) is 13.0 Å². The van der Waals surface area contributed by atoms with Gasteiger partial charge < -0.3 is 5.32 Å². The molecule has 0 aliphatic heterocycles. The van der Waals surface area contributed by atoms with E-state index < -0.39 is 0 Å². The Morgan fingerprint density at radius 3 is 2.70 bits per heavy atom. The molecule has 2 aromatic rings. The zero-order valence-electron chi connectivity index (χ0n) is 14.1. The predicted octanol–water partition coefficient (Wildman–Crippen LogP) is 2.92. The molecule has 1 N–H and O–H groups in total. The van der Waals surface area contributed by atoms with E-state index in [2.05, 4.69) is 17.2 Å². The number of hydrogen-bond donors (Lipinski definition) is 1. The van der Waals surface area contributed by atoms with Gasteiger partial charge in [0.2, 0.25) is 0 Å². The van der Waals surface area contributed by atoms with Crippen LogP contribution in [0.25, 0.3) is 10.2 Å². The lowest BCUT2D eigenvalue weighted by atomic mass is 9.86. The Hall–Kier alpha value is -1.69. The quantitative estimate of drug-likeness (QED) is 0.919. The van der Waals surface area contributed by atoms with Crippen molar-refractivity contribution in [1.82, 2.24) is 14.9 Å². The number of hydrogen-bond acceptors (Lipinski definition) is 4. The number of fused-ring (bicyclic) bond motifs is 1. The number of thiophene rings is 1. The third kappa shape index (κ3) is 2.80. The first-order chi connectivity index (χ1) is 10.9. The summed E-state index contributed by atoms with van der Waals surface area (Å²) in [6.45, 7) is 5.85. The van der Waals surface area contributed by atoms with Crippen molar-refractivity contribution in [3.63, 3.8) is 0 Å². The normalized spacial score (nSPS) is 21.6. The van der Waals surface area contributed by atoms with Gasteiger partial charge in [-0.15, -0.1) is 11.3 Å². The number of carbonyl (C=O) groups is 1. The van der Waals surface area contributed by atoms with Crippen LogP contribution in [0.4, 0.5) is 0 Å². The van der Waals surface area contributed by atoms with Crippen LogP contribution in [0.1, 0.15) is 53.7 Å². The maximum Gasteiger partial charge on any atom is 0.262 e. The van der Waals surface area contributed by atoms with Crippen molar-refractivity contribution < 1.29 is 4.79 Å². The van der Waals surface area contributed by atoms with Crippen LogP contribution in [0.3, 0.4) is 0 Å². The summed E-state index contributed by atoms with van der Waals surface area (Å²) in [5.41, 5.74) is 0.672. The molecule has 2 heterocycles. The highest BCUT2D eigenvalue weighted by Crippen LogP contribution is 2.29. The number of nitrogens with zero attached hydrogens (tertiary/aromatic N) is 2. The van der Waals surface area contributed by atoms with Gasteiger partial charge in [-0.1, -0.05) is 19.8 Å². The Morgan fingerprint density at radius 1 is 1.30 bits per heavy atom. The summed E-state index contributed by atoms with van der Waals surface area (Å²) < 4.78 is 1.53. The number of aryl methyl sites for hydroxylation is 2. The fraction of sp³-hybridized carbons (Fsp3) is 0.588. The summed E-state index contributed by atoms with van der Waals surface area (Å²) in [6, 6.07) is 0.235. The molecule has 23 heavy (non-hydrogen) atoms. The lowest BCUT2D eigenvalue weighted by Crippen LogP contribution is -2.41. The molecule has 0 saturated heterocycles. The summed E-state index contributed by atoms with van der Waals surface area (Å²) in [5.74, 6) is 1.11. The third-order valence-electron chi connectivity index (χ3n) is 5.03. The highest BCUT2D eigenvalue weighted by Gasteiger charge is 2.26. The highest BCUT2D eigenvalue weighted by atomic mass is 32.1. The molecular formula is C17H23N3O2S. The van der Waals surface area contributed by atoms with E-state index in [-0.39, 0.29) is 17.5 Å². The molecule has 5 nitrogen and oxygen atoms in total. The number of aromatic nitrogens is 2. The highest BCUT2D eigenvalue weighted by molar-refractivity contribution is 7.20. The number of amides is 1. The fourth-order valence-electron chi connectivity index (χ4n) is 3.35. The maximum absolute atomic E-state index is 12.7. The van der Waals surface area contributed by atoms with E-state index in [0.29, 0.717) is 26.8 Å². The Morgan fingerprint density at radius 2 is 2.00 bits per heavy atom. The SMILES string of the molecule is Cc1c(C(=O)NC2CCCCC2C)sc2nc(C)n(C)c(=O)c12. The fourth-order valence-corrected chi connectivity index (χ4v) is 4.47. The molecule has 1 amide bonds. The molecule has 2 atom stereocenters. The molecule has 0 bridgehead atoms. The lowest BCUT2D eigenvalue weighted by molar-refractivity contribution is 0.0914. The van der Waals surface area contributed by atoms with Crippen LogP contribution in [0.5, 0.6) is 0 Å². The Kier molecular flexibility index (Phi) is 4.27. The minimum atomic E-state index is -0.0775. The van der Waals surface area contributed by atoms with E-state index >= 15 is 0 Å². The van der Waals surface area contributed by atoms with Crippen LogP contribution >= 0.6 is 11.3 Å². The Bertz CT molecular complexity index is 821. The van der Waals surface area contributed by atoms with Gasteiger partial charge in [-0.05, 0) is 38.2 Å². The second-order valence-electron chi connectivity index (χ2n) is 6.60. The van der Waals surface area contributed by atoms with Gasteiger partial charge in [0.1, 0.15) is 10.7 Å². The van der Waals surface area contributed by atoms with E-state index in [1.54, 1.807) is 14.0 Å². The Balaban J connectivity index is 1.96. The molecule has 2 aromatic heterocycles. The van der Waals surface area contributed by atoms with E-state index in [1.807, 2.05) is 6.92 Å². The van der Waals surface area contributed by atoms with Gasteiger partial charge in [0.25, 0.3) is 11.5 Å². The molecule has 6 heteroatoms. The topological polar surface area (TPSA) is 64.0 Å². The molecule has 0 spiro atoms. The maximum atomic E-state index is 12.7. The van der Waals surface area contributed by atoms with Crippen LogP contribution < -0.4 is 10.9 Å². The van der Waals surface area contributed by atoms with Gasteiger partial charge in [-0.25, -0.2) is 4.98 Å². The molecule has 2 unspecified atom stereocenters. The zero-order chi connectivity index (χ0) is 16.7. The smallest absolute Gasteiger partial charge is 0.262 e. The molecule has 1 fully saturated rings. The van der Waals surface area contributed by atoms with Gasteiger partial charge in [0.05, 0.1) is 10.3 Å². The molecule has 124 valence electrons. The zero-order valence-corrected chi connectivity index (χ0v) is 14.9. The van der Waals surface area contributed by atoms with Crippen molar-refractivity contribution >= 4 is 27.5 Å². The summed E-state index contributed by atoms with van der Waals surface area (Å²) in [6.07, 6.45) is 4.62. The molecule has 1 saturated carbocycles. The second-order valence-corrected chi connectivity index (χ2v) is 7.60. The van der Waals surface area contributed by atoms with Gasteiger partial charge in [-0.3, -0.25) is 14.2 Å². The van der Waals surface area contributed by atoms with E-state index in [0.717, 1.165) is 18.4 Å². The molecule has 0 aromatic carbocycles. The summed E-state index contributed by atoms with van der Waals surface area (Å²) in [7, 11) is 1.71. The number of nitrogens with one attached hydrogen (secondary N) is 1. The standard InChI is InChI=1S/C17H23N3O2S/c1-9-7-5-6-8-12(9)19-15(21)14-10(2)13-16(23-14)18-11(3)20(4)17(13)22/h9,12H,5-8H2,1-4H3,(H,19,21). The van der Waals surface area contributed by atoms with Crippen molar-refractivity contribution in [3.05, 3.63) is 26.6 Å². The average molecular weight is 333 g/mol. The molecule has 1 aliphatic rings. The lowest BCUT2D eigenvalue weighted by Gasteiger charge is -2.29. The second kappa shape index (κ2) is 6.07. The number of rotatable bonds is 2. The van der Waals surface area contributed by atoms with Crippen molar-refractivity contribution in [2.45, 2.75) is 52.5 Å². The minimum Gasteiger partial charge on any atom is -0.348 e. The molecule has 1 aliphatic carbocycles. The monoisotopic (exact) mass is 333 g/mol. The van der Waals surface area contributed by atoms with Crippen molar-refractivity contribution in [3.8, 4) is 0 Å². The molecular weight excluding hydrogens is 310 g/mol. The van der Waals surface area contributed by atoms with Gasteiger partial charge >= 0.3 is 0 Å². The summed E-state index contributed by atoms with van der Waals surface area (Å²) >= 11 is 1.32. The largest absolute Gasteiger partial charge is 0.348 e. The van der Waals surface area contributed by atoms with E-state index in [9.17, 15) is 9.59 Å². The van der Waals surface area contributed by atoms with Crippen LogP contribution in [-0.2, 0) is 7.05 Å². The van der Waals surface area contributed by atoms with Crippen LogP contribution in [0.15, 0.2) is 4.79 Å². The third-order valence-corrected chi connectivity index (χ3v) is 6.21. The van der Waals surface area contributed by atoms with Gasteiger partial charge in [0.15, 0.2) is 0 Å². The molecule has 3 rings (SSSR count). The van der Waals surface area contributed by atoms with Gasteiger partial charge in [-0.2, -0.15) is 0 Å². The average Bonchev–Trinajstić information content (AvgIpc) is 2.84. The van der Waals surface area contributed by atoms with Crippen molar-refractivity contribution in [2.75, 3.05) is 0 Å². The summed E-state index contributed by atoms with van der Waals surface area (Å²) in [5, 5.41) is 3.74. The molecule has 0 radical (unpaired) electrons. The first-order valence-electron chi connectivity index (χ1n) is 8.17. The first kappa shape index (κ1) is 16.2. The summed E-state index contributed by atoms with van der Waals surface area (Å²) in [4.78, 5) is 30.9. The predicted molar refractivity (Wildman–Crippen MR) is 93.2 cm³/mol. The van der Waals surface area contributed by atoms with Crippen LogP contribution in [0.2, 0.25) is 0 Å².